The van der Waals surface area contributed by atoms with Crippen LogP contribution in [0.5, 0.6) is 0 Å². The number of nitrogens with one attached hydrogen (secondary N) is 1. The van der Waals surface area contributed by atoms with Gasteiger partial charge in [-0.1, -0.05) is 12.8 Å². The van der Waals surface area contributed by atoms with Gasteiger partial charge in [-0.2, -0.15) is 5.26 Å². The van der Waals surface area contributed by atoms with Gasteiger partial charge in [0.15, 0.2) is 0 Å². The van der Waals surface area contributed by atoms with E-state index in [2.05, 4.69) is 4.72 Å². The van der Waals surface area contributed by atoms with Crippen LogP contribution >= 0.6 is 12.4 Å². The van der Waals surface area contributed by atoms with E-state index in [1.54, 1.807) is 19.1 Å². The molecule has 0 heterocycles. The van der Waals surface area contributed by atoms with E-state index in [-0.39, 0.29) is 29.3 Å². The smallest absolute Gasteiger partial charge is 0.240 e. The fourth-order valence-corrected chi connectivity index (χ4v) is 4.27. The Hall–Kier alpha value is -1.13. The zero-order chi connectivity index (χ0) is 15.5. The molecule has 2 rings (SSSR count). The number of nitrogens with two attached hydrogens (primary N) is 1. The molecular weight excluding hydrogens is 322 g/mol. The van der Waals surface area contributed by atoms with Crippen LogP contribution in [0.4, 0.5) is 0 Å². The molecular formula is C15H22ClN3O2S. The van der Waals surface area contributed by atoms with Crippen LogP contribution < -0.4 is 10.5 Å². The standard InChI is InChI=1S/C15H21N3O2S.ClH/c1-11-8-14(7-6-12(11)9-16)21(19,20)18-15-5-3-2-4-13(15)10-17;/h6-8,13,15,18H,2-5,10,17H2,1H3;1H. The number of sulfonamides is 1. The summed E-state index contributed by atoms with van der Waals surface area (Å²) in [6.07, 6.45) is 3.93. The zero-order valence-corrected chi connectivity index (χ0v) is 14.2. The largest absolute Gasteiger partial charge is 0.330 e. The van der Waals surface area contributed by atoms with E-state index in [0.717, 1.165) is 25.7 Å². The van der Waals surface area contributed by atoms with Gasteiger partial charge < -0.3 is 5.73 Å². The molecule has 22 heavy (non-hydrogen) atoms. The second-order valence-corrected chi connectivity index (χ2v) is 7.31. The van der Waals surface area contributed by atoms with Crippen LogP contribution in [0.25, 0.3) is 0 Å². The van der Waals surface area contributed by atoms with Crippen LogP contribution in [-0.2, 0) is 10.0 Å². The molecule has 0 saturated heterocycles. The third-order valence-electron chi connectivity index (χ3n) is 4.15. The number of halogens is 1. The van der Waals surface area contributed by atoms with Crippen molar-refractivity contribution in [3.63, 3.8) is 0 Å². The van der Waals surface area contributed by atoms with Crippen molar-refractivity contribution in [2.75, 3.05) is 6.54 Å². The summed E-state index contributed by atoms with van der Waals surface area (Å²) >= 11 is 0. The highest BCUT2D eigenvalue weighted by Gasteiger charge is 2.28. The van der Waals surface area contributed by atoms with Gasteiger partial charge in [0.05, 0.1) is 16.5 Å². The van der Waals surface area contributed by atoms with E-state index in [0.29, 0.717) is 17.7 Å². The molecule has 7 heteroatoms. The lowest BCUT2D eigenvalue weighted by atomic mass is 9.85. The van der Waals surface area contributed by atoms with Crippen molar-refractivity contribution in [2.45, 2.75) is 43.5 Å². The highest BCUT2D eigenvalue weighted by molar-refractivity contribution is 7.89. The molecule has 2 atom stereocenters. The maximum absolute atomic E-state index is 12.5. The fraction of sp³-hybridized carbons (Fsp3) is 0.533. The Kier molecular flexibility index (Phi) is 6.82. The number of hydrogen-bond donors (Lipinski definition) is 2. The fourth-order valence-electron chi connectivity index (χ4n) is 2.84. The Morgan fingerprint density at radius 2 is 2.05 bits per heavy atom. The summed E-state index contributed by atoms with van der Waals surface area (Å²) in [6, 6.07) is 6.52. The molecule has 1 aliphatic rings. The lowest BCUT2D eigenvalue weighted by Gasteiger charge is -2.31. The molecule has 0 radical (unpaired) electrons. The van der Waals surface area contributed by atoms with Crippen LogP contribution in [0.15, 0.2) is 23.1 Å². The molecule has 2 unspecified atom stereocenters. The Morgan fingerprint density at radius 3 is 2.64 bits per heavy atom. The number of benzene rings is 1. The van der Waals surface area contributed by atoms with E-state index in [1.807, 2.05) is 6.07 Å². The van der Waals surface area contributed by atoms with E-state index in [9.17, 15) is 8.42 Å². The normalized spacial score (nSPS) is 21.7. The van der Waals surface area contributed by atoms with Gasteiger partial charge in [-0.05, 0) is 56.0 Å². The molecule has 0 spiro atoms. The molecule has 1 aromatic rings. The van der Waals surface area contributed by atoms with Crippen LogP contribution in [-0.4, -0.2) is 21.0 Å². The summed E-state index contributed by atoms with van der Waals surface area (Å²) in [5.41, 5.74) is 6.90. The second kappa shape index (κ2) is 7.93. The van der Waals surface area contributed by atoms with E-state index in [4.69, 9.17) is 11.0 Å². The van der Waals surface area contributed by atoms with Crippen LogP contribution in [0.1, 0.15) is 36.8 Å². The predicted octanol–water partition coefficient (Wildman–Crippen LogP) is 2.08. The monoisotopic (exact) mass is 343 g/mol. The Bertz CT molecular complexity index is 655. The lowest BCUT2D eigenvalue weighted by molar-refractivity contribution is 0.296. The number of hydrogen-bond acceptors (Lipinski definition) is 4. The zero-order valence-electron chi connectivity index (χ0n) is 12.6. The van der Waals surface area contributed by atoms with Gasteiger partial charge in [-0.3, -0.25) is 0 Å². The first kappa shape index (κ1) is 18.9. The van der Waals surface area contributed by atoms with Crippen LogP contribution in [0, 0.1) is 24.2 Å². The minimum Gasteiger partial charge on any atom is -0.330 e. The van der Waals surface area contributed by atoms with Crippen molar-refractivity contribution < 1.29 is 8.42 Å². The van der Waals surface area contributed by atoms with Gasteiger partial charge in [0.2, 0.25) is 10.0 Å². The van der Waals surface area contributed by atoms with Crippen LogP contribution in [0.2, 0.25) is 0 Å². The molecule has 1 fully saturated rings. The minimum atomic E-state index is -3.57. The highest BCUT2D eigenvalue weighted by Crippen LogP contribution is 2.25. The number of nitrogens with zero attached hydrogens (tertiary/aromatic N) is 1. The third-order valence-corrected chi connectivity index (χ3v) is 5.63. The van der Waals surface area contributed by atoms with Crippen molar-refractivity contribution in [3.8, 4) is 6.07 Å². The van der Waals surface area contributed by atoms with Gasteiger partial charge in [0.25, 0.3) is 0 Å². The van der Waals surface area contributed by atoms with Crippen molar-refractivity contribution in [3.05, 3.63) is 29.3 Å². The topological polar surface area (TPSA) is 96.0 Å². The molecule has 5 nitrogen and oxygen atoms in total. The first-order valence-corrected chi connectivity index (χ1v) is 8.69. The molecule has 3 N–H and O–H groups in total. The summed E-state index contributed by atoms with van der Waals surface area (Å²) < 4.78 is 27.7. The maximum Gasteiger partial charge on any atom is 0.240 e. The summed E-state index contributed by atoms with van der Waals surface area (Å²) in [4.78, 5) is 0.209. The average Bonchev–Trinajstić information content (AvgIpc) is 2.47. The van der Waals surface area contributed by atoms with Crippen LogP contribution in [0.3, 0.4) is 0 Å². The molecule has 0 bridgehead atoms. The van der Waals surface area contributed by atoms with Gasteiger partial charge in [-0.25, -0.2) is 13.1 Å². The number of aryl methyl sites for hydroxylation is 1. The maximum atomic E-state index is 12.5. The third kappa shape index (κ3) is 4.20. The predicted molar refractivity (Wildman–Crippen MR) is 88.3 cm³/mol. The van der Waals surface area contributed by atoms with E-state index in [1.165, 1.54) is 6.07 Å². The molecule has 122 valence electrons. The molecule has 0 aromatic heterocycles. The van der Waals surface area contributed by atoms with Gasteiger partial charge in [0, 0.05) is 6.04 Å². The molecule has 0 aliphatic heterocycles. The Balaban J connectivity index is 0.00000242. The highest BCUT2D eigenvalue weighted by atomic mass is 35.5. The van der Waals surface area contributed by atoms with E-state index < -0.39 is 10.0 Å². The average molecular weight is 344 g/mol. The van der Waals surface area contributed by atoms with Crippen molar-refractivity contribution >= 4 is 22.4 Å². The minimum absolute atomic E-state index is 0. The van der Waals surface area contributed by atoms with Crippen molar-refractivity contribution in [1.82, 2.24) is 4.72 Å². The summed E-state index contributed by atoms with van der Waals surface area (Å²) in [5.74, 6) is 0.202. The number of rotatable bonds is 4. The molecule has 0 amide bonds. The van der Waals surface area contributed by atoms with E-state index >= 15 is 0 Å². The summed E-state index contributed by atoms with van der Waals surface area (Å²) in [7, 11) is -3.57. The van der Waals surface area contributed by atoms with Crippen molar-refractivity contribution in [1.29, 1.82) is 5.26 Å². The SMILES string of the molecule is Cc1cc(S(=O)(=O)NC2CCCCC2CN)ccc1C#N.Cl. The van der Waals surface area contributed by atoms with Gasteiger partial charge in [0.1, 0.15) is 0 Å². The Labute approximate surface area is 138 Å². The lowest BCUT2D eigenvalue weighted by Crippen LogP contribution is -2.44. The van der Waals surface area contributed by atoms with Gasteiger partial charge >= 0.3 is 0 Å². The quantitative estimate of drug-likeness (QED) is 0.874. The first-order chi connectivity index (χ1) is 9.97. The second-order valence-electron chi connectivity index (χ2n) is 5.60. The van der Waals surface area contributed by atoms with Gasteiger partial charge in [-0.15, -0.1) is 12.4 Å². The Morgan fingerprint density at radius 1 is 1.36 bits per heavy atom. The molecule has 1 aromatic carbocycles. The number of nitriles is 1. The summed E-state index contributed by atoms with van der Waals surface area (Å²) in [6.45, 7) is 2.24. The van der Waals surface area contributed by atoms with Crippen molar-refractivity contribution in [2.24, 2.45) is 11.7 Å². The summed E-state index contributed by atoms with van der Waals surface area (Å²) in [5, 5.41) is 8.91. The molecule has 1 saturated carbocycles. The molecule has 1 aliphatic carbocycles. The first-order valence-electron chi connectivity index (χ1n) is 7.21.